The molecule has 2 aromatic rings. The van der Waals surface area contributed by atoms with Gasteiger partial charge in [0.15, 0.2) is 5.60 Å². The zero-order valence-corrected chi connectivity index (χ0v) is 14.5. The summed E-state index contributed by atoms with van der Waals surface area (Å²) in [6.07, 6.45) is -9.04. The number of nitrogens with zero attached hydrogens (tertiary/aromatic N) is 1. The lowest BCUT2D eigenvalue weighted by molar-refractivity contribution is -0.259. The second-order valence-corrected chi connectivity index (χ2v) is 6.55. The predicted molar refractivity (Wildman–Crippen MR) is 84.1 cm³/mol. The molecule has 0 aliphatic rings. The number of aromatic nitrogens is 1. The first-order valence-electron chi connectivity index (χ1n) is 7.03. The highest BCUT2D eigenvalue weighted by Crippen LogP contribution is 2.43. The van der Waals surface area contributed by atoms with E-state index in [1.54, 1.807) is 0 Å². The Labute approximate surface area is 154 Å². The minimum absolute atomic E-state index is 0.111. The Morgan fingerprint density at radius 2 is 1.65 bits per heavy atom. The Balaban J connectivity index is 2.50. The van der Waals surface area contributed by atoms with Gasteiger partial charge in [0, 0.05) is 22.7 Å². The van der Waals surface area contributed by atoms with Crippen LogP contribution in [0.25, 0.3) is 0 Å². The fourth-order valence-corrected chi connectivity index (χ4v) is 2.83. The number of alkyl halides is 6. The molecule has 0 spiro atoms. The van der Waals surface area contributed by atoms with Crippen molar-refractivity contribution < 1.29 is 31.4 Å². The highest BCUT2D eigenvalue weighted by atomic mass is 35.5. The molecule has 1 atom stereocenters. The van der Waals surface area contributed by atoms with Crippen molar-refractivity contribution in [3.05, 3.63) is 62.9 Å². The van der Waals surface area contributed by atoms with E-state index in [9.17, 15) is 31.4 Å². The quantitative estimate of drug-likeness (QED) is 0.643. The van der Waals surface area contributed by atoms with Crippen LogP contribution < -0.4 is 0 Å². The van der Waals surface area contributed by atoms with Crippen molar-refractivity contribution in [1.82, 2.24) is 4.98 Å². The van der Waals surface area contributed by atoms with Crippen LogP contribution in [-0.2, 0) is 18.2 Å². The zero-order valence-electron chi connectivity index (χ0n) is 13.0. The van der Waals surface area contributed by atoms with Crippen LogP contribution in [0, 0.1) is 0 Å². The number of halogens is 8. The second kappa shape index (κ2) is 6.90. The highest BCUT2D eigenvalue weighted by molar-refractivity contribution is 6.35. The minimum atomic E-state index is -5.02. The average molecular weight is 418 g/mol. The summed E-state index contributed by atoms with van der Waals surface area (Å²) in [5, 5.41) is 9.70. The van der Waals surface area contributed by atoms with Gasteiger partial charge >= 0.3 is 12.4 Å². The van der Waals surface area contributed by atoms with Crippen molar-refractivity contribution in [3.63, 3.8) is 0 Å². The van der Waals surface area contributed by atoms with Gasteiger partial charge in [0.05, 0.1) is 0 Å². The van der Waals surface area contributed by atoms with Crippen LogP contribution >= 0.6 is 23.2 Å². The summed E-state index contributed by atoms with van der Waals surface area (Å²) in [6, 6.07) is 3.90. The fourth-order valence-electron chi connectivity index (χ4n) is 2.27. The summed E-state index contributed by atoms with van der Waals surface area (Å²) in [5.74, 6) is 0. The van der Waals surface area contributed by atoms with Crippen molar-refractivity contribution in [1.29, 1.82) is 0 Å². The van der Waals surface area contributed by atoms with Crippen LogP contribution in [0.4, 0.5) is 26.3 Å². The summed E-state index contributed by atoms with van der Waals surface area (Å²) in [7, 11) is 0. The largest absolute Gasteiger partial charge is 0.433 e. The van der Waals surface area contributed by atoms with Crippen molar-refractivity contribution in [2.45, 2.75) is 31.3 Å². The van der Waals surface area contributed by atoms with Crippen LogP contribution in [0.2, 0.25) is 10.0 Å². The maximum absolute atomic E-state index is 13.2. The van der Waals surface area contributed by atoms with Crippen LogP contribution in [0.15, 0.2) is 30.5 Å². The SMILES string of the molecule is C[C@@](O)(c1cc(Cl)cc(Cl)c1Cc1ccc(C(F)(F)F)nc1)C(F)(F)F. The molecule has 0 unspecified atom stereocenters. The number of hydrogen-bond donors (Lipinski definition) is 1. The first-order chi connectivity index (χ1) is 11.7. The average Bonchev–Trinajstić information content (AvgIpc) is 2.48. The van der Waals surface area contributed by atoms with Crippen LogP contribution in [0.1, 0.15) is 29.3 Å². The second-order valence-electron chi connectivity index (χ2n) is 5.71. The molecule has 0 saturated carbocycles. The lowest BCUT2D eigenvalue weighted by Crippen LogP contribution is -2.40. The predicted octanol–water partition coefficient (Wildman–Crippen LogP) is 5.77. The fraction of sp³-hybridized carbons (Fsp3) is 0.312. The van der Waals surface area contributed by atoms with E-state index >= 15 is 0 Å². The third-order valence-corrected chi connectivity index (χ3v) is 4.29. The molecule has 0 aliphatic carbocycles. The molecule has 142 valence electrons. The normalized spacial score (nSPS) is 15.0. The van der Waals surface area contributed by atoms with Gasteiger partial charge in [0.25, 0.3) is 0 Å². The summed E-state index contributed by atoms with van der Waals surface area (Å²) in [5.41, 5.74) is -4.90. The van der Waals surface area contributed by atoms with Crippen molar-refractivity contribution in [2.75, 3.05) is 0 Å². The van der Waals surface area contributed by atoms with Crippen LogP contribution in [0.5, 0.6) is 0 Å². The standard InChI is InChI=1S/C16H11Cl2F6NO/c1-14(26,16(22,23)24)11-5-9(17)6-12(18)10(11)4-8-2-3-13(25-7-8)15(19,20)21/h2-3,5-7,26H,4H2,1H3/t14-/m1/s1. The van der Waals surface area contributed by atoms with E-state index in [1.807, 2.05) is 0 Å². The molecule has 26 heavy (non-hydrogen) atoms. The molecule has 1 N–H and O–H groups in total. The Morgan fingerprint density at radius 3 is 2.12 bits per heavy atom. The smallest absolute Gasteiger partial charge is 0.376 e. The van der Waals surface area contributed by atoms with Gasteiger partial charge in [-0.05, 0) is 41.8 Å². The van der Waals surface area contributed by atoms with E-state index < -0.39 is 29.2 Å². The Kier molecular flexibility index (Phi) is 5.52. The van der Waals surface area contributed by atoms with Gasteiger partial charge in [-0.2, -0.15) is 26.3 Å². The molecule has 0 bridgehead atoms. The molecule has 1 aromatic heterocycles. The van der Waals surface area contributed by atoms with Crippen LogP contribution in [0.3, 0.4) is 0 Å². The molecule has 0 amide bonds. The highest BCUT2D eigenvalue weighted by Gasteiger charge is 2.52. The van der Waals surface area contributed by atoms with Gasteiger partial charge in [-0.25, -0.2) is 0 Å². The molecule has 2 nitrogen and oxygen atoms in total. The first kappa shape index (κ1) is 20.8. The first-order valence-corrected chi connectivity index (χ1v) is 7.78. The minimum Gasteiger partial charge on any atom is -0.376 e. The van der Waals surface area contributed by atoms with Gasteiger partial charge in [-0.1, -0.05) is 29.3 Å². The van der Waals surface area contributed by atoms with Crippen molar-refractivity contribution in [2.24, 2.45) is 0 Å². The van der Waals surface area contributed by atoms with Crippen LogP contribution in [-0.4, -0.2) is 16.3 Å². The molecular weight excluding hydrogens is 407 g/mol. The lowest BCUT2D eigenvalue weighted by atomic mass is 9.88. The number of aliphatic hydroxyl groups is 1. The van der Waals surface area contributed by atoms with Gasteiger partial charge in [-0.3, -0.25) is 4.98 Å². The van der Waals surface area contributed by atoms with Gasteiger partial charge < -0.3 is 5.11 Å². The maximum atomic E-state index is 13.2. The van der Waals surface area contributed by atoms with Gasteiger partial charge in [0.1, 0.15) is 5.69 Å². The lowest BCUT2D eigenvalue weighted by Gasteiger charge is -2.29. The number of pyridine rings is 1. The monoisotopic (exact) mass is 417 g/mol. The van der Waals surface area contributed by atoms with E-state index in [0.717, 1.165) is 18.3 Å². The molecule has 1 aromatic carbocycles. The summed E-state index contributed by atoms with van der Waals surface area (Å²) in [6.45, 7) is 0.545. The molecular formula is C16H11Cl2F6NO. The third-order valence-electron chi connectivity index (χ3n) is 3.73. The van der Waals surface area contributed by atoms with Crippen molar-refractivity contribution in [3.8, 4) is 0 Å². The topological polar surface area (TPSA) is 33.1 Å². The van der Waals surface area contributed by atoms with Gasteiger partial charge in [-0.15, -0.1) is 0 Å². The van der Waals surface area contributed by atoms with E-state index in [4.69, 9.17) is 23.2 Å². The zero-order chi connectivity index (χ0) is 19.9. The Morgan fingerprint density at radius 1 is 1.04 bits per heavy atom. The number of rotatable bonds is 3. The van der Waals surface area contributed by atoms with E-state index in [-0.39, 0.29) is 27.6 Å². The van der Waals surface area contributed by atoms with E-state index in [0.29, 0.717) is 13.0 Å². The van der Waals surface area contributed by atoms with Crippen molar-refractivity contribution >= 4 is 23.2 Å². The molecule has 0 aliphatic heterocycles. The molecule has 10 heteroatoms. The number of hydrogen-bond acceptors (Lipinski definition) is 2. The van der Waals surface area contributed by atoms with E-state index in [1.165, 1.54) is 6.07 Å². The summed E-state index contributed by atoms with van der Waals surface area (Å²) in [4.78, 5) is 3.26. The Bertz CT molecular complexity index is 800. The van der Waals surface area contributed by atoms with E-state index in [2.05, 4.69) is 4.98 Å². The molecule has 0 radical (unpaired) electrons. The molecule has 0 fully saturated rings. The van der Waals surface area contributed by atoms with Gasteiger partial charge in [0.2, 0.25) is 0 Å². The summed E-state index contributed by atoms with van der Waals surface area (Å²) < 4.78 is 77.3. The Hall–Kier alpha value is -1.51. The maximum Gasteiger partial charge on any atom is 0.433 e. The summed E-state index contributed by atoms with van der Waals surface area (Å²) >= 11 is 11.7. The third kappa shape index (κ3) is 4.24. The molecule has 1 heterocycles. The molecule has 0 saturated heterocycles. The molecule has 2 rings (SSSR count). The number of benzene rings is 1.